The highest BCUT2D eigenvalue weighted by Gasteiger charge is 2.17. The molecule has 0 saturated heterocycles. The van der Waals surface area contributed by atoms with Crippen LogP contribution in [0.3, 0.4) is 0 Å². The van der Waals surface area contributed by atoms with Crippen molar-refractivity contribution in [1.29, 1.82) is 0 Å². The van der Waals surface area contributed by atoms with Crippen molar-refractivity contribution >= 4 is 0 Å². The molecule has 0 aromatic rings. The summed E-state index contributed by atoms with van der Waals surface area (Å²) in [6, 6.07) is 0. The van der Waals surface area contributed by atoms with Crippen molar-refractivity contribution in [2.45, 2.75) is 34.1 Å². The van der Waals surface area contributed by atoms with E-state index in [1.165, 1.54) is 0 Å². The molecule has 2 unspecified atom stereocenters. The molecule has 0 aromatic heterocycles. The van der Waals surface area contributed by atoms with Crippen molar-refractivity contribution in [3.8, 4) is 0 Å². The number of hydrogen-bond acceptors (Lipinski definition) is 0. The van der Waals surface area contributed by atoms with E-state index >= 15 is 0 Å². The summed E-state index contributed by atoms with van der Waals surface area (Å²) in [6.45, 7) is 8.69. The van der Waals surface area contributed by atoms with Crippen molar-refractivity contribution in [2.75, 3.05) is 6.61 Å². The highest BCUT2D eigenvalue weighted by molar-refractivity contribution is 4.66. The van der Waals surface area contributed by atoms with Crippen molar-refractivity contribution in [3.05, 3.63) is 0 Å². The molecule has 10 heavy (non-hydrogen) atoms. The third kappa shape index (κ3) is 2.70. The average molecular weight is 143 g/mol. The van der Waals surface area contributed by atoms with Crippen LogP contribution in [-0.4, -0.2) is 6.61 Å². The molecule has 0 rings (SSSR count). The maximum absolute atomic E-state index is 10.5. The van der Waals surface area contributed by atoms with Gasteiger partial charge in [-0.05, 0) is 17.8 Å². The molecule has 0 saturated carbocycles. The summed E-state index contributed by atoms with van der Waals surface area (Å²) in [5.74, 6) is 1.64. The molecule has 1 heteroatoms. The molecule has 0 bridgehead atoms. The zero-order valence-corrected chi connectivity index (χ0v) is 7.55. The van der Waals surface area contributed by atoms with Gasteiger partial charge in [-0.3, -0.25) is 0 Å². The van der Waals surface area contributed by atoms with Crippen LogP contribution in [0.5, 0.6) is 0 Å². The molecule has 0 N–H and O–H groups in total. The molecule has 0 amide bonds. The van der Waals surface area contributed by atoms with Crippen LogP contribution in [0.2, 0.25) is 0 Å². The standard InChI is InChI=1S/C9H19O/c1-5-9(7(2)3)8(4)6-10/h7-9H,5-6H2,1-4H3. The molecule has 2 atom stereocenters. The van der Waals surface area contributed by atoms with Gasteiger partial charge in [-0.25, -0.2) is 5.11 Å². The summed E-state index contributed by atoms with van der Waals surface area (Å²) < 4.78 is 0. The average Bonchev–Trinajstić information content (AvgIpc) is 1.88. The Morgan fingerprint density at radius 2 is 1.70 bits per heavy atom. The van der Waals surface area contributed by atoms with Gasteiger partial charge in [-0.2, -0.15) is 0 Å². The lowest BCUT2D eigenvalue weighted by atomic mass is 9.83. The molecular formula is C9H19O. The summed E-state index contributed by atoms with van der Waals surface area (Å²) in [7, 11) is 0. The van der Waals surface area contributed by atoms with Crippen LogP contribution >= 0.6 is 0 Å². The molecule has 61 valence electrons. The zero-order chi connectivity index (χ0) is 8.15. The fourth-order valence-electron chi connectivity index (χ4n) is 1.65. The summed E-state index contributed by atoms with van der Waals surface area (Å²) in [5, 5.41) is 10.5. The van der Waals surface area contributed by atoms with Crippen LogP contribution in [0, 0.1) is 17.8 Å². The van der Waals surface area contributed by atoms with Crippen LogP contribution in [0.15, 0.2) is 0 Å². The van der Waals surface area contributed by atoms with Gasteiger partial charge in [0.2, 0.25) is 0 Å². The first-order chi connectivity index (χ1) is 4.63. The first kappa shape index (κ1) is 9.96. The quantitative estimate of drug-likeness (QED) is 0.576. The Morgan fingerprint density at radius 1 is 1.20 bits per heavy atom. The molecule has 0 fully saturated rings. The van der Waals surface area contributed by atoms with Gasteiger partial charge < -0.3 is 0 Å². The van der Waals surface area contributed by atoms with E-state index in [4.69, 9.17) is 0 Å². The van der Waals surface area contributed by atoms with Crippen LogP contribution in [-0.2, 0) is 5.11 Å². The minimum atomic E-state index is 0.0800. The van der Waals surface area contributed by atoms with Gasteiger partial charge in [0.25, 0.3) is 0 Å². The maximum Gasteiger partial charge on any atom is 0.0850 e. The van der Waals surface area contributed by atoms with E-state index in [0.717, 1.165) is 6.42 Å². The smallest absolute Gasteiger partial charge is 0.0850 e. The monoisotopic (exact) mass is 143 g/mol. The van der Waals surface area contributed by atoms with E-state index in [0.29, 0.717) is 17.8 Å². The van der Waals surface area contributed by atoms with Gasteiger partial charge in [-0.15, -0.1) is 0 Å². The van der Waals surface area contributed by atoms with Crippen molar-refractivity contribution in [2.24, 2.45) is 17.8 Å². The lowest BCUT2D eigenvalue weighted by Crippen LogP contribution is -2.19. The summed E-state index contributed by atoms with van der Waals surface area (Å²) in [4.78, 5) is 0. The minimum absolute atomic E-state index is 0.0800. The molecule has 0 aromatic carbocycles. The largest absolute Gasteiger partial charge is 0.236 e. The molecule has 0 aliphatic heterocycles. The Balaban J connectivity index is 3.80. The second-order valence-electron chi connectivity index (χ2n) is 3.46. The first-order valence-corrected chi connectivity index (χ1v) is 4.21. The van der Waals surface area contributed by atoms with Crippen LogP contribution in [0.4, 0.5) is 0 Å². The molecule has 1 nitrogen and oxygen atoms in total. The van der Waals surface area contributed by atoms with Crippen molar-refractivity contribution in [1.82, 2.24) is 0 Å². The topological polar surface area (TPSA) is 19.9 Å². The highest BCUT2D eigenvalue weighted by atomic mass is 16.3. The van der Waals surface area contributed by atoms with E-state index in [1.54, 1.807) is 0 Å². The predicted molar refractivity (Wildman–Crippen MR) is 43.3 cm³/mol. The molecule has 0 aliphatic rings. The Hall–Kier alpha value is -0.0400. The zero-order valence-electron chi connectivity index (χ0n) is 7.55. The van der Waals surface area contributed by atoms with E-state index < -0.39 is 0 Å². The van der Waals surface area contributed by atoms with Gasteiger partial charge in [-0.1, -0.05) is 34.1 Å². The van der Waals surface area contributed by atoms with Gasteiger partial charge in [0.15, 0.2) is 0 Å². The van der Waals surface area contributed by atoms with E-state index in [1.807, 2.05) is 0 Å². The second-order valence-corrected chi connectivity index (χ2v) is 3.46. The Labute approximate surface area is 64.5 Å². The van der Waals surface area contributed by atoms with Gasteiger partial charge in [0, 0.05) is 0 Å². The highest BCUT2D eigenvalue weighted by Crippen LogP contribution is 2.23. The Kier molecular flexibility index (Phi) is 4.71. The van der Waals surface area contributed by atoms with Crippen molar-refractivity contribution < 1.29 is 5.11 Å². The number of rotatable bonds is 4. The molecule has 0 spiro atoms. The predicted octanol–water partition coefficient (Wildman–Crippen LogP) is 2.74. The van der Waals surface area contributed by atoms with Crippen LogP contribution in [0.1, 0.15) is 34.1 Å². The maximum atomic E-state index is 10.5. The van der Waals surface area contributed by atoms with E-state index in [9.17, 15) is 5.11 Å². The Bertz CT molecular complexity index is 78.8. The second kappa shape index (κ2) is 4.73. The number of hydrogen-bond donors (Lipinski definition) is 0. The van der Waals surface area contributed by atoms with Crippen molar-refractivity contribution in [3.63, 3.8) is 0 Å². The normalized spacial score (nSPS) is 17.4. The summed E-state index contributed by atoms with van der Waals surface area (Å²) >= 11 is 0. The van der Waals surface area contributed by atoms with Gasteiger partial charge in [0.1, 0.15) is 0 Å². The fraction of sp³-hybridized carbons (Fsp3) is 1.00. The minimum Gasteiger partial charge on any atom is -0.236 e. The summed E-state index contributed by atoms with van der Waals surface area (Å²) in [6.07, 6.45) is 1.14. The molecular weight excluding hydrogens is 124 g/mol. The lowest BCUT2D eigenvalue weighted by Gasteiger charge is -2.23. The Morgan fingerprint density at radius 3 is 1.80 bits per heavy atom. The summed E-state index contributed by atoms with van der Waals surface area (Å²) in [5.41, 5.74) is 0. The molecule has 0 heterocycles. The third-order valence-electron chi connectivity index (χ3n) is 2.32. The fourth-order valence-corrected chi connectivity index (χ4v) is 1.65. The molecule has 1 radical (unpaired) electrons. The van der Waals surface area contributed by atoms with Crippen LogP contribution < -0.4 is 0 Å². The SMILES string of the molecule is CCC(C(C)C)C(C)C[O]. The van der Waals surface area contributed by atoms with E-state index in [-0.39, 0.29) is 6.61 Å². The van der Waals surface area contributed by atoms with Gasteiger partial charge >= 0.3 is 0 Å². The molecule has 0 aliphatic carbocycles. The lowest BCUT2D eigenvalue weighted by molar-refractivity contribution is 0.101. The first-order valence-electron chi connectivity index (χ1n) is 4.21. The van der Waals surface area contributed by atoms with Gasteiger partial charge in [0.05, 0.1) is 6.61 Å². The van der Waals surface area contributed by atoms with E-state index in [2.05, 4.69) is 27.7 Å². The van der Waals surface area contributed by atoms with Crippen LogP contribution in [0.25, 0.3) is 0 Å². The third-order valence-corrected chi connectivity index (χ3v) is 2.32.